The number of rotatable bonds is 5. The Balaban J connectivity index is 1.59. The number of carbonyl (C=O) groups excluding carboxylic acids is 1. The number of aryl methyl sites for hydroxylation is 1. The first-order valence-corrected chi connectivity index (χ1v) is 9.95. The van der Waals surface area contributed by atoms with Crippen LogP contribution < -0.4 is 10.6 Å². The minimum absolute atomic E-state index is 0.212. The molecular weight excluding hydrogens is 418 g/mol. The summed E-state index contributed by atoms with van der Waals surface area (Å²) in [6, 6.07) is 3.01. The van der Waals surface area contributed by atoms with Crippen molar-refractivity contribution in [1.82, 2.24) is 29.9 Å². The van der Waals surface area contributed by atoms with Crippen molar-refractivity contribution in [3.63, 3.8) is 0 Å². The average molecular weight is 435 g/mol. The molecule has 4 aromatic rings. The van der Waals surface area contributed by atoms with Crippen molar-refractivity contribution >= 4 is 39.1 Å². The van der Waals surface area contributed by atoms with Crippen LogP contribution in [0.5, 0.6) is 0 Å². The fourth-order valence-electron chi connectivity index (χ4n) is 3.01. The van der Waals surface area contributed by atoms with E-state index in [-0.39, 0.29) is 17.5 Å². The van der Waals surface area contributed by atoms with Gasteiger partial charge >= 0.3 is 6.03 Å². The summed E-state index contributed by atoms with van der Waals surface area (Å²) in [7, 11) is 1.59. The topological polar surface area (TPSA) is 144 Å². The number of nitrogens with zero attached hydrogens (tertiary/aromatic N) is 7. The molecule has 0 bridgehead atoms. The molecule has 0 unspecified atom stereocenters. The van der Waals surface area contributed by atoms with Gasteiger partial charge in [-0.15, -0.1) is 4.80 Å². The number of methoxy groups -OCH3 is 1. The summed E-state index contributed by atoms with van der Waals surface area (Å²) in [5, 5.41) is 23.7. The second-order valence-electron chi connectivity index (χ2n) is 6.45. The van der Waals surface area contributed by atoms with Crippen molar-refractivity contribution in [2.24, 2.45) is 0 Å². The summed E-state index contributed by atoms with van der Waals surface area (Å²) >= 11 is 1.47. The van der Waals surface area contributed by atoms with E-state index in [2.05, 4.69) is 35.8 Å². The van der Waals surface area contributed by atoms with Crippen molar-refractivity contribution in [3.05, 3.63) is 47.0 Å². The van der Waals surface area contributed by atoms with Gasteiger partial charge in [-0.2, -0.15) is 15.5 Å². The third kappa shape index (κ3) is 4.04. The van der Waals surface area contributed by atoms with Crippen LogP contribution in [0.15, 0.2) is 30.9 Å². The van der Waals surface area contributed by atoms with Gasteiger partial charge in [0.15, 0.2) is 5.82 Å². The monoisotopic (exact) mass is 435 g/mol. The molecular formula is C19H17N9O2S. The summed E-state index contributed by atoms with van der Waals surface area (Å²) in [5.41, 5.74) is 2.46. The summed E-state index contributed by atoms with van der Waals surface area (Å²) in [6.07, 6.45) is 5.65. The molecule has 0 aromatic carbocycles. The molecule has 0 aliphatic rings. The third-order valence-electron chi connectivity index (χ3n) is 4.43. The Kier molecular flexibility index (Phi) is 5.52. The van der Waals surface area contributed by atoms with Crippen LogP contribution in [0.2, 0.25) is 0 Å². The highest BCUT2D eigenvalue weighted by molar-refractivity contribution is 7.18. The number of amides is 2. The summed E-state index contributed by atoms with van der Waals surface area (Å²) in [4.78, 5) is 27.8. The highest BCUT2D eigenvalue weighted by Gasteiger charge is 2.20. The van der Waals surface area contributed by atoms with E-state index >= 15 is 0 Å². The van der Waals surface area contributed by atoms with E-state index in [1.807, 2.05) is 19.9 Å². The van der Waals surface area contributed by atoms with Crippen LogP contribution in [-0.4, -0.2) is 43.1 Å². The van der Waals surface area contributed by atoms with Crippen LogP contribution in [0.3, 0.4) is 0 Å². The van der Waals surface area contributed by atoms with E-state index in [4.69, 9.17) is 4.74 Å². The molecule has 0 radical (unpaired) electrons. The van der Waals surface area contributed by atoms with Gasteiger partial charge in [-0.25, -0.2) is 19.7 Å². The lowest BCUT2D eigenvalue weighted by Gasteiger charge is -2.16. The van der Waals surface area contributed by atoms with Gasteiger partial charge in [0.1, 0.15) is 22.0 Å². The number of aromatic nitrogens is 6. The number of nitriles is 1. The quantitative estimate of drug-likeness (QED) is 0.486. The lowest BCUT2D eigenvalue weighted by atomic mass is 10.1. The smallest absolute Gasteiger partial charge is 0.323 e. The van der Waals surface area contributed by atoms with Crippen LogP contribution in [-0.2, 0) is 4.74 Å². The normalized spacial score (nSPS) is 11.8. The molecule has 1 atom stereocenters. The molecule has 0 saturated carbocycles. The molecule has 31 heavy (non-hydrogen) atoms. The maximum Gasteiger partial charge on any atom is 0.323 e. The second-order valence-corrected chi connectivity index (χ2v) is 7.64. The molecule has 4 aromatic heterocycles. The molecule has 11 nitrogen and oxygen atoms in total. The maximum absolute atomic E-state index is 12.7. The maximum atomic E-state index is 12.7. The summed E-state index contributed by atoms with van der Waals surface area (Å²) < 4.78 is 5.48. The van der Waals surface area contributed by atoms with E-state index in [1.165, 1.54) is 40.8 Å². The average Bonchev–Trinajstić information content (AvgIpc) is 3.42. The fraction of sp³-hybridized carbons (Fsp3) is 0.211. The minimum atomic E-state index is -0.520. The Labute approximate surface area is 180 Å². The number of ether oxygens (including phenoxy) is 1. The first-order chi connectivity index (χ1) is 15.0. The molecule has 156 valence electrons. The van der Waals surface area contributed by atoms with Crippen LogP contribution in [0, 0.1) is 18.3 Å². The molecule has 2 amide bonds. The highest BCUT2D eigenvalue weighted by atomic mass is 32.1. The SMILES string of the molecule is CO[C@H](C)c1c(NC(=O)Nc2cnc(-n3nccn3)c(C#N)c2)cnc2sc(C)nc12. The van der Waals surface area contributed by atoms with Crippen molar-refractivity contribution in [2.45, 2.75) is 20.0 Å². The second kappa shape index (κ2) is 8.42. The number of carbonyl (C=O) groups is 1. The number of thiazole rings is 1. The van der Waals surface area contributed by atoms with Gasteiger partial charge in [-0.3, -0.25) is 0 Å². The van der Waals surface area contributed by atoms with E-state index in [9.17, 15) is 10.1 Å². The standard InChI is InChI=1S/C19H17N9O2S/c1-10(30-3)15-14(9-22-18-16(15)25-11(2)31-18)27-19(29)26-13-6-12(7-20)17(21-8-13)28-23-4-5-24-28/h4-6,8-10H,1-3H3,(H2,26,27,29)/t10-/m1/s1. The Bertz CT molecular complexity index is 1290. The number of hydrogen-bond acceptors (Lipinski definition) is 9. The van der Waals surface area contributed by atoms with Crippen LogP contribution in [0.1, 0.15) is 29.2 Å². The third-order valence-corrected chi connectivity index (χ3v) is 5.31. The van der Waals surface area contributed by atoms with Gasteiger partial charge in [0.25, 0.3) is 0 Å². The van der Waals surface area contributed by atoms with Gasteiger partial charge in [-0.05, 0) is 19.9 Å². The number of urea groups is 1. The lowest BCUT2D eigenvalue weighted by molar-refractivity contribution is 0.121. The molecule has 2 N–H and O–H groups in total. The summed E-state index contributed by atoms with van der Waals surface area (Å²) in [6.45, 7) is 3.77. The molecule has 0 fully saturated rings. The first kappa shape index (κ1) is 20.3. The van der Waals surface area contributed by atoms with Crippen molar-refractivity contribution in [2.75, 3.05) is 17.7 Å². The highest BCUT2D eigenvalue weighted by Crippen LogP contribution is 2.33. The molecule has 0 aliphatic heterocycles. The summed E-state index contributed by atoms with van der Waals surface area (Å²) in [5.74, 6) is 0.267. The van der Waals surface area contributed by atoms with Crippen LogP contribution >= 0.6 is 11.3 Å². The van der Waals surface area contributed by atoms with E-state index in [1.54, 1.807) is 13.3 Å². The van der Waals surface area contributed by atoms with Gasteiger partial charge in [0.2, 0.25) is 0 Å². The predicted molar refractivity (Wildman–Crippen MR) is 114 cm³/mol. The zero-order chi connectivity index (χ0) is 22.0. The Morgan fingerprint density at radius 2 is 2.03 bits per heavy atom. The Hall–Kier alpha value is -3.95. The Morgan fingerprint density at radius 1 is 1.26 bits per heavy atom. The van der Waals surface area contributed by atoms with Crippen molar-refractivity contribution in [3.8, 4) is 11.9 Å². The zero-order valence-corrected chi connectivity index (χ0v) is 17.6. The van der Waals surface area contributed by atoms with Gasteiger partial charge < -0.3 is 15.4 Å². The number of pyridine rings is 2. The van der Waals surface area contributed by atoms with Gasteiger partial charge in [0.05, 0.1) is 47.3 Å². The predicted octanol–water partition coefficient (Wildman–Crippen LogP) is 3.20. The number of fused-ring (bicyclic) bond motifs is 1. The molecule has 12 heteroatoms. The van der Waals surface area contributed by atoms with Crippen LogP contribution in [0.25, 0.3) is 16.2 Å². The number of nitrogens with one attached hydrogen (secondary N) is 2. The van der Waals surface area contributed by atoms with Gasteiger partial charge in [-0.1, -0.05) is 11.3 Å². The molecule has 4 heterocycles. The molecule has 4 rings (SSSR count). The first-order valence-electron chi connectivity index (χ1n) is 9.13. The molecule has 0 saturated heterocycles. The van der Waals surface area contributed by atoms with E-state index < -0.39 is 6.03 Å². The number of anilines is 2. The van der Waals surface area contributed by atoms with Crippen molar-refractivity contribution < 1.29 is 9.53 Å². The largest absolute Gasteiger partial charge is 0.377 e. The molecule has 0 aliphatic carbocycles. The number of hydrogen-bond donors (Lipinski definition) is 2. The van der Waals surface area contributed by atoms with E-state index in [0.29, 0.717) is 16.9 Å². The Morgan fingerprint density at radius 3 is 2.74 bits per heavy atom. The molecule has 0 spiro atoms. The minimum Gasteiger partial charge on any atom is -0.377 e. The zero-order valence-electron chi connectivity index (χ0n) is 16.8. The lowest BCUT2D eigenvalue weighted by Crippen LogP contribution is -2.21. The van der Waals surface area contributed by atoms with Gasteiger partial charge in [0, 0.05) is 12.7 Å². The van der Waals surface area contributed by atoms with Crippen molar-refractivity contribution in [1.29, 1.82) is 5.26 Å². The van der Waals surface area contributed by atoms with E-state index in [0.717, 1.165) is 15.4 Å². The van der Waals surface area contributed by atoms with Crippen LogP contribution in [0.4, 0.5) is 16.2 Å². The fourth-order valence-corrected chi connectivity index (χ4v) is 3.78.